The molecule has 7 nitrogen and oxygen atoms in total. The van der Waals surface area contributed by atoms with Gasteiger partial charge < -0.3 is 19.2 Å². The maximum absolute atomic E-state index is 10.1. The van der Waals surface area contributed by atoms with Crippen LogP contribution in [0.5, 0.6) is 0 Å². The van der Waals surface area contributed by atoms with E-state index in [1.807, 2.05) is 73.8 Å². The molecule has 0 atom stereocenters. The topological polar surface area (TPSA) is 119 Å². The number of imidazole rings is 1. The monoisotopic (exact) mass is 399 g/mol. The van der Waals surface area contributed by atoms with E-state index < -0.39 is 13.2 Å². The van der Waals surface area contributed by atoms with E-state index >= 15 is 0 Å². The van der Waals surface area contributed by atoms with Gasteiger partial charge in [-0.3, -0.25) is 0 Å². The molecular weight excluding hydrogens is 377 g/mol. The molecule has 0 saturated carbocycles. The molecule has 0 bridgehead atoms. The maximum Gasteiger partial charge on any atom is 0.466 e. The number of hydrogen-bond acceptors (Lipinski definition) is 3. The molecule has 0 saturated heterocycles. The van der Waals surface area contributed by atoms with Gasteiger partial charge in [-0.15, -0.1) is 0 Å². The number of nitriles is 1. The van der Waals surface area contributed by atoms with Gasteiger partial charge in [-0.25, -0.2) is 9.55 Å². The van der Waals surface area contributed by atoms with Crippen LogP contribution in [0.1, 0.15) is 23.4 Å². The van der Waals surface area contributed by atoms with E-state index in [0.717, 1.165) is 23.5 Å². The molecule has 0 amide bonds. The molecular formula is C20H22N3O4P. The van der Waals surface area contributed by atoms with Crippen molar-refractivity contribution in [2.24, 2.45) is 0 Å². The van der Waals surface area contributed by atoms with Gasteiger partial charge in [0.25, 0.3) is 0 Å². The summed E-state index contributed by atoms with van der Waals surface area (Å²) in [5, 5.41) is 10.1. The third kappa shape index (κ3) is 5.88. The Labute approximate surface area is 163 Å². The van der Waals surface area contributed by atoms with E-state index in [1.54, 1.807) is 6.20 Å². The minimum absolute atomic E-state index is 0.654. The molecule has 1 heterocycles. The van der Waals surface area contributed by atoms with Crippen molar-refractivity contribution in [3.8, 4) is 6.07 Å². The van der Waals surface area contributed by atoms with E-state index in [1.165, 1.54) is 0 Å². The second-order valence-electron chi connectivity index (χ2n) is 6.18. The zero-order valence-corrected chi connectivity index (χ0v) is 16.3. The molecule has 0 aliphatic rings. The minimum atomic E-state index is -4.64. The van der Waals surface area contributed by atoms with Crippen molar-refractivity contribution in [3.63, 3.8) is 0 Å². The van der Waals surface area contributed by atoms with E-state index in [9.17, 15) is 5.26 Å². The lowest BCUT2D eigenvalue weighted by molar-refractivity contribution is 0.275. The fourth-order valence-electron chi connectivity index (χ4n) is 3.01. The fourth-order valence-corrected chi connectivity index (χ4v) is 3.01. The van der Waals surface area contributed by atoms with Crippen molar-refractivity contribution in [1.82, 2.24) is 9.55 Å². The SMILES string of the molecule is Cc1nccn1CCC(C#N)(c1ccccc1)c1ccccc1.O=P(O)(O)O. The first-order chi connectivity index (χ1) is 13.3. The van der Waals surface area contributed by atoms with E-state index in [-0.39, 0.29) is 0 Å². The van der Waals surface area contributed by atoms with Gasteiger partial charge in [-0.05, 0) is 24.5 Å². The summed E-state index contributed by atoms with van der Waals surface area (Å²) in [7, 11) is -4.64. The Morgan fingerprint density at radius 1 is 1.04 bits per heavy atom. The van der Waals surface area contributed by atoms with Gasteiger partial charge in [0.2, 0.25) is 0 Å². The molecule has 3 rings (SSSR count). The maximum atomic E-state index is 10.1. The molecule has 0 aliphatic heterocycles. The van der Waals surface area contributed by atoms with E-state index in [0.29, 0.717) is 6.42 Å². The van der Waals surface area contributed by atoms with Crippen LogP contribution in [0.4, 0.5) is 0 Å². The summed E-state index contributed by atoms with van der Waals surface area (Å²) < 4.78 is 11.0. The van der Waals surface area contributed by atoms with Gasteiger partial charge >= 0.3 is 7.82 Å². The van der Waals surface area contributed by atoms with Crippen molar-refractivity contribution in [2.75, 3.05) is 0 Å². The van der Waals surface area contributed by atoms with Crippen LogP contribution in [0.2, 0.25) is 0 Å². The Morgan fingerprint density at radius 2 is 1.50 bits per heavy atom. The van der Waals surface area contributed by atoms with Crippen LogP contribution in [0, 0.1) is 18.3 Å². The zero-order valence-electron chi connectivity index (χ0n) is 15.4. The van der Waals surface area contributed by atoms with Gasteiger partial charge in [-0.2, -0.15) is 5.26 Å². The first kappa shape index (κ1) is 21.5. The standard InChI is InChI=1S/C20H19N3.H3O4P/c1-17-22-13-15-23(17)14-12-20(16-21,18-8-4-2-5-9-18)19-10-6-3-7-11-19;1-5(2,3)4/h2-11,13,15H,12,14H2,1H3;(H3,1,2,3,4). The van der Waals surface area contributed by atoms with E-state index in [4.69, 9.17) is 19.2 Å². The average Bonchev–Trinajstić information content (AvgIpc) is 3.08. The highest BCUT2D eigenvalue weighted by Gasteiger charge is 2.34. The van der Waals surface area contributed by atoms with Gasteiger partial charge in [0, 0.05) is 18.9 Å². The van der Waals surface area contributed by atoms with Crippen molar-refractivity contribution in [3.05, 3.63) is 90.0 Å². The van der Waals surface area contributed by atoms with Crippen LogP contribution >= 0.6 is 7.82 Å². The number of hydrogen-bond donors (Lipinski definition) is 3. The van der Waals surface area contributed by atoms with E-state index in [2.05, 4.69) is 15.6 Å². The van der Waals surface area contributed by atoms with Crippen LogP contribution in [-0.4, -0.2) is 24.2 Å². The van der Waals surface area contributed by atoms with Gasteiger partial charge in [0.05, 0.1) is 6.07 Å². The minimum Gasteiger partial charge on any atom is -0.335 e. The lowest BCUT2D eigenvalue weighted by Gasteiger charge is -2.28. The molecule has 2 aromatic carbocycles. The summed E-state index contributed by atoms with van der Waals surface area (Å²) in [5.74, 6) is 0.970. The first-order valence-electron chi connectivity index (χ1n) is 8.54. The zero-order chi connectivity index (χ0) is 20.6. The van der Waals surface area contributed by atoms with Crippen molar-refractivity contribution >= 4 is 7.82 Å². The van der Waals surface area contributed by atoms with Crippen molar-refractivity contribution < 1.29 is 19.2 Å². The first-order valence-corrected chi connectivity index (χ1v) is 10.1. The third-order valence-electron chi connectivity index (χ3n) is 4.38. The molecule has 8 heteroatoms. The Bertz CT molecular complexity index is 914. The molecule has 0 aliphatic carbocycles. The molecule has 146 valence electrons. The summed E-state index contributed by atoms with van der Waals surface area (Å²) in [4.78, 5) is 25.8. The van der Waals surface area contributed by atoms with Crippen LogP contribution in [0.15, 0.2) is 73.1 Å². The lowest BCUT2D eigenvalue weighted by atomic mass is 9.73. The molecule has 0 spiro atoms. The average molecular weight is 399 g/mol. The lowest BCUT2D eigenvalue weighted by Crippen LogP contribution is -2.27. The van der Waals surface area contributed by atoms with Gasteiger partial charge in [0.1, 0.15) is 11.2 Å². The highest BCUT2D eigenvalue weighted by Crippen LogP contribution is 2.35. The quantitative estimate of drug-likeness (QED) is 0.567. The number of phosphoric acid groups is 1. The Kier molecular flexibility index (Phi) is 7.27. The van der Waals surface area contributed by atoms with Crippen LogP contribution in [0.3, 0.4) is 0 Å². The summed E-state index contributed by atoms with van der Waals surface area (Å²) in [5.41, 5.74) is 1.41. The predicted molar refractivity (Wildman–Crippen MR) is 105 cm³/mol. The van der Waals surface area contributed by atoms with Crippen LogP contribution in [0.25, 0.3) is 0 Å². The van der Waals surface area contributed by atoms with Crippen LogP contribution < -0.4 is 0 Å². The van der Waals surface area contributed by atoms with Crippen LogP contribution in [-0.2, 0) is 16.5 Å². The summed E-state index contributed by atoms with van der Waals surface area (Å²) >= 11 is 0. The largest absolute Gasteiger partial charge is 0.466 e. The molecule has 0 radical (unpaired) electrons. The highest BCUT2D eigenvalue weighted by molar-refractivity contribution is 7.45. The molecule has 1 aromatic heterocycles. The van der Waals surface area contributed by atoms with Crippen molar-refractivity contribution in [2.45, 2.75) is 25.3 Å². The van der Waals surface area contributed by atoms with Crippen molar-refractivity contribution in [1.29, 1.82) is 5.26 Å². The van der Waals surface area contributed by atoms with Gasteiger partial charge in [0.15, 0.2) is 0 Å². The van der Waals surface area contributed by atoms with Gasteiger partial charge in [-0.1, -0.05) is 60.7 Å². The smallest absolute Gasteiger partial charge is 0.335 e. The Morgan fingerprint density at radius 3 is 1.86 bits per heavy atom. The summed E-state index contributed by atoms with van der Waals surface area (Å²) in [6.45, 7) is 2.74. The Balaban J connectivity index is 0.000000500. The number of rotatable bonds is 5. The molecule has 3 aromatic rings. The highest BCUT2D eigenvalue weighted by atomic mass is 31.2. The Hall–Kier alpha value is -2.75. The number of nitrogens with zero attached hydrogens (tertiary/aromatic N) is 3. The second kappa shape index (κ2) is 9.45. The second-order valence-corrected chi connectivity index (χ2v) is 7.21. The molecule has 0 fully saturated rings. The molecule has 28 heavy (non-hydrogen) atoms. The third-order valence-corrected chi connectivity index (χ3v) is 4.38. The summed E-state index contributed by atoms with van der Waals surface area (Å²) in [6, 6.07) is 22.7. The number of aromatic nitrogens is 2. The predicted octanol–water partition coefficient (Wildman–Crippen LogP) is 3.16. The fraction of sp³-hybridized carbons (Fsp3) is 0.200. The number of benzene rings is 2. The molecule has 3 N–H and O–H groups in total. The summed E-state index contributed by atoms with van der Waals surface area (Å²) in [6.07, 6.45) is 4.47. The normalized spacial score (nSPS) is 11.2. The number of aryl methyl sites for hydroxylation is 2. The molecule has 0 unspecified atom stereocenters.